The van der Waals surface area contributed by atoms with Crippen molar-refractivity contribution in [3.05, 3.63) is 24.3 Å². The average Bonchev–Trinajstić information content (AvgIpc) is 3.10. The molecule has 108 valence electrons. The van der Waals surface area contributed by atoms with Crippen molar-refractivity contribution in [2.75, 3.05) is 23.3 Å². The van der Waals surface area contributed by atoms with Gasteiger partial charge >= 0.3 is 0 Å². The summed E-state index contributed by atoms with van der Waals surface area (Å²) in [6, 6.07) is 8.12. The molecule has 1 amide bonds. The van der Waals surface area contributed by atoms with E-state index >= 15 is 0 Å². The topological polar surface area (TPSA) is 58.4 Å². The van der Waals surface area contributed by atoms with E-state index in [9.17, 15) is 4.79 Å². The number of nitrogens with one attached hydrogen (secondary N) is 1. The summed E-state index contributed by atoms with van der Waals surface area (Å²) in [5.74, 6) is 0.0586. The summed E-state index contributed by atoms with van der Waals surface area (Å²) in [5.41, 5.74) is 8.10. The van der Waals surface area contributed by atoms with Crippen LogP contribution in [-0.2, 0) is 4.79 Å². The largest absolute Gasteiger partial charge is 0.370 e. The predicted octanol–water partition coefficient (Wildman–Crippen LogP) is 2.35. The number of benzene rings is 1. The lowest BCUT2D eigenvalue weighted by molar-refractivity contribution is -0.120. The molecule has 0 aromatic heterocycles. The monoisotopic (exact) mass is 273 g/mol. The van der Waals surface area contributed by atoms with Crippen LogP contribution >= 0.6 is 0 Å². The molecule has 4 heteroatoms. The number of carbonyl (C=O) groups excluding carboxylic acids is 1. The molecule has 1 aliphatic carbocycles. The number of hydrogen-bond donors (Lipinski definition) is 2. The summed E-state index contributed by atoms with van der Waals surface area (Å²) in [7, 11) is 0. The van der Waals surface area contributed by atoms with Crippen LogP contribution in [0.1, 0.15) is 32.1 Å². The molecule has 1 aromatic rings. The number of rotatable bonds is 3. The van der Waals surface area contributed by atoms with Gasteiger partial charge in [0.25, 0.3) is 0 Å². The molecule has 0 spiro atoms. The summed E-state index contributed by atoms with van der Waals surface area (Å²) < 4.78 is 0. The first-order chi connectivity index (χ1) is 9.75. The zero-order valence-electron chi connectivity index (χ0n) is 11.8. The quantitative estimate of drug-likeness (QED) is 0.889. The van der Waals surface area contributed by atoms with E-state index in [4.69, 9.17) is 5.73 Å². The van der Waals surface area contributed by atoms with E-state index in [1.807, 2.05) is 18.2 Å². The lowest BCUT2D eigenvalue weighted by Crippen LogP contribution is -2.34. The summed E-state index contributed by atoms with van der Waals surface area (Å²) in [6.07, 6.45) is 5.41. The van der Waals surface area contributed by atoms with Crippen molar-refractivity contribution in [2.24, 2.45) is 11.7 Å². The Morgan fingerprint density at radius 3 is 2.60 bits per heavy atom. The van der Waals surface area contributed by atoms with Gasteiger partial charge in [-0.3, -0.25) is 4.79 Å². The number of anilines is 2. The van der Waals surface area contributed by atoms with Gasteiger partial charge in [0.2, 0.25) is 5.91 Å². The van der Waals surface area contributed by atoms with Crippen LogP contribution in [0.25, 0.3) is 0 Å². The van der Waals surface area contributed by atoms with Crippen molar-refractivity contribution in [1.82, 2.24) is 0 Å². The smallest absolute Gasteiger partial charge is 0.229 e. The minimum Gasteiger partial charge on any atom is -0.370 e. The average molecular weight is 273 g/mol. The summed E-state index contributed by atoms with van der Waals surface area (Å²) in [6.45, 7) is 2.16. The molecule has 3 N–H and O–H groups in total. The summed E-state index contributed by atoms with van der Waals surface area (Å²) >= 11 is 0. The molecule has 0 bridgehead atoms. The zero-order valence-corrected chi connectivity index (χ0v) is 11.8. The van der Waals surface area contributed by atoms with Crippen LogP contribution in [0.5, 0.6) is 0 Å². The van der Waals surface area contributed by atoms with Crippen LogP contribution < -0.4 is 16.0 Å². The highest BCUT2D eigenvalue weighted by Crippen LogP contribution is 2.31. The van der Waals surface area contributed by atoms with E-state index in [2.05, 4.69) is 16.3 Å². The van der Waals surface area contributed by atoms with E-state index in [-0.39, 0.29) is 17.9 Å². The number of para-hydroxylation sites is 2. The normalized spacial score (nSPS) is 25.9. The maximum atomic E-state index is 12.4. The number of hydrogen-bond acceptors (Lipinski definition) is 3. The number of amides is 1. The lowest BCUT2D eigenvalue weighted by atomic mass is 10.0. The Balaban J connectivity index is 1.75. The van der Waals surface area contributed by atoms with Gasteiger partial charge in [0.05, 0.1) is 17.3 Å². The molecule has 0 radical (unpaired) electrons. The molecule has 20 heavy (non-hydrogen) atoms. The summed E-state index contributed by atoms with van der Waals surface area (Å²) in [5, 5.41) is 3.10. The van der Waals surface area contributed by atoms with Gasteiger partial charge in [0.15, 0.2) is 0 Å². The summed E-state index contributed by atoms with van der Waals surface area (Å²) in [4.78, 5) is 14.7. The fourth-order valence-corrected chi connectivity index (χ4v) is 3.35. The molecule has 1 saturated carbocycles. The van der Waals surface area contributed by atoms with Gasteiger partial charge in [-0.05, 0) is 37.8 Å². The third-order valence-corrected chi connectivity index (χ3v) is 4.51. The molecule has 2 aliphatic rings. The second-order valence-corrected chi connectivity index (χ2v) is 5.90. The molecule has 1 aromatic carbocycles. The first-order valence-electron chi connectivity index (χ1n) is 7.66. The zero-order chi connectivity index (χ0) is 13.9. The fraction of sp³-hybridized carbons (Fsp3) is 0.562. The molecule has 3 rings (SSSR count). The van der Waals surface area contributed by atoms with E-state index < -0.39 is 0 Å². The van der Waals surface area contributed by atoms with Crippen molar-refractivity contribution >= 4 is 17.3 Å². The minimum absolute atomic E-state index is 0.0222. The van der Waals surface area contributed by atoms with Gasteiger partial charge in [0, 0.05) is 19.1 Å². The Hall–Kier alpha value is -1.55. The van der Waals surface area contributed by atoms with Gasteiger partial charge in [-0.2, -0.15) is 0 Å². The van der Waals surface area contributed by atoms with E-state index in [1.54, 1.807) is 0 Å². The first-order valence-corrected chi connectivity index (χ1v) is 7.66. The highest BCUT2D eigenvalue weighted by atomic mass is 16.1. The van der Waals surface area contributed by atoms with Gasteiger partial charge < -0.3 is 16.0 Å². The molecule has 2 fully saturated rings. The van der Waals surface area contributed by atoms with Crippen LogP contribution in [0.2, 0.25) is 0 Å². The Labute approximate surface area is 120 Å². The SMILES string of the molecule is NC1CCCC1C(=O)Nc1ccccc1N1CCCC1. The number of nitrogens with zero attached hydrogens (tertiary/aromatic N) is 1. The van der Waals surface area contributed by atoms with Crippen molar-refractivity contribution < 1.29 is 4.79 Å². The lowest BCUT2D eigenvalue weighted by Gasteiger charge is -2.23. The maximum absolute atomic E-state index is 12.4. The molecule has 1 heterocycles. The predicted molar refractivity (Wildman–Crippen MR) is 81.8 cm³/mol. The molecule has 1 saturated heterocycles. The van der Waals surface area contributed by atoms with Crippen LogP contribution in [0.15, 0.2) is 24.3 Å². The highest BCUT2D eigenvalue weighted by molar-refractivity contribution is 5.96. The van der Waals surface area contributed by atoms with Crippen LogP contribution in [-0.4, -0.2) is 25.0 Å². The Kier molecular flexibility index (Phi) is 3.92. The Morgan fingerprint density at radius 2 is 1.90 bits per heavy atom. The van der Waals surface area contributed by atoms with Crippen LogP contribution in [0.3, 0.4) is 0 Å². The minimum atomic E-state index is -0.0263. The molecule has 2 atom stereocenters. The van der Waals surface area contributed by atoms with Crippen molar-refractivity contribution in [1.29, 1.82) is 0 Å². The molecular weight excluding hydrogens is 250 g/mol. The van der Waals surface area contributed by atoms with Gasteiger partial charge in [-0.25, -0.2) is 0 Å². The van der Waals surface area contributed by atoms with Gasteiger partial charge in [-0.1, -0.05) is 18.6 Å². The van der Waals surface area contributed by atoms with E-state index in [0.717, 1.165) is 43.7 Å². The van der Waals surface area contributed by atoms with Crippen molar-refractivity contribution in [3.63, 3.8) is 0 Å². The Morgan fingerprint density at radius 1 is 1.15 bits per heavy atom. The Bertz CT molecular complexity index is 482. The molecular formula is C16H23N3O. The van der Waals surface area contributed by atoms with Crippen molar-refractivity contribution in [3.8, 4) is 0 Å². The number of carbonyl (C=O) groups is 1. The third kappa shape index (κ3) is 2.66. The molecule has 2 unspecified atom stereocenters. The van der Waals surface area contributed by atoms with Gasteiger partial charge in [-0.15, -0.1) is 0 Å². The second kappa shape index (κ2) is 5.83. The first kappa shape index (κ1) is 13.4. The van der Waals surface area contributed by atoms with Crippen LogP contribution in [0.4, 0.5) is 11.4 Å². The van der Waals surface area contributed by atoms with Gasteiger partial charge in [0.1, 0.15) is 0 Å². The third-order valence-electron chi connectivity index (χ3n) is 4.51. The standard InChI is InChI=1S/C16H23N3O/c17-13-7-5-6-12(13)16(20)18-14-8-1-2-9-15(14)19-10-3-4-11-19/h1-2,8-9,12-13H,3-7,10-11,17H2,(H,18,20). The fourth-order valence-electron chi connectivity index (χ4n) is 3.35. The second-order valence-electron chi connectivity index (χ2n) is 5.90. The number of nitrogens with two attached hydrogens (primary N) is 1. The van der Waals surface area contributed by atoms with E-state index in [1.165, 1.54) is 12.8 Å². The maximum Gasteiger partial charge on any atom is 0.229 e. The highest BCUT2D eigenvalue weighted by Gasteiger charge is 2.30. The van der Waals surface area contributed by atoms with Crippen molar-refractivity contribution in [2.45, 2.75) is 38.1 Å². The van der Waals surface area contributed by atoms with E-state index in [0.29, 0.717) is 0 Å². The molecule has 1 aliphatic heterocycles. The van der Waals surface area contributed by atoms with Crippen LogP contribution in [0, 0.1) is 5.92 Å². The molecule has 4 nitrogen and oxygen atoms in total.